The minimum atomic E-state index is -4.10. The van der Waals surface area contributed by atoms with Crippen molar-refractivity contribution < 1.29 is 17.7 Å². The Bertz CT molecular complexity index is 247. The van der Waals surface area contributed by atoms with Crippen LogP contribution in [-0.4, -0.2) is 29.4 Å². The first-order chi connectivity index (χ1) is 6.58. The molecule has 0 fully saturated rings. The molecule has 0 radical (unpaired) electrons. The van der Waals surface area contributed by atoms with E-state index in [1.807, 2.05) is 0 Å². The molecule has 1 aromatic heterocycles. The molecule has 0 aliphatic heterocycles. The highest BCUT2D eigenvalue weighted by atomic mass is 19.4. The van der Waals surface area contributed by atoms with E-state index >= 15 is 0 Å². The van der Waals surface area contributed by atoms with Crippen molar-refractivity contribution >= 4 is 0 Å². The summed E-state index contributed by atoms with van der Waals surface area (Å²) in [7, 11) is 0. The average Bonchev–Trinajstić information content (AvgIpc) is 2.54. The van der Waals surface area contributed by atoms with E-state index in [1.165, 1.54) is 6.33 Å². The van der Waals surface area contributed by atoms with Crippen LogP contribution in [-0.2, 0) is 6.42 Å². The molecular formula is C7H10F3N3O. The third-order valence-electron chi connectivity index (χ3n) is 1.51. The largest absolute Gasteiger partial charge is 0.390 e. The van der Waals surface area contributed by atoms with Crippen LogP contribution in [0.15, 0.2) is 10.9 Å². The molecule has 1 rings (SSSR count). The summed E-state index contributed by atoms with van der Waals surface area (Å²) in [5.74, 6) is 0.421. The summed E-state index contributed by atoms with van der Waals surface area (Å²) in [5, 5.41) is 6.00. The Morgan fingerprint density at radius 1 is 1.36 bits per heavy atom. The van der Waals surface area contributed by atoms with Gasteiger partial charge in [0.2, 0.25) is 5.89 Å². The second-order valence-corrected chi connectivity index (χ2v) is 2.70. The lowest BCUT2D eigenvalue weighted by molar-refractivity contribution is -0.133. The van der Waals surface area contributed by atoms with Crippen LogP contribution in [0.25, 0.3) is 0 Å². The molecule has 0 amide bonds. The lowest BCUT2D eigenvalue weighted by Gasteiger charge is -2.06. The molecule has 1 heterocycles. The third kappa shape index (κ3) is 4.80. The second-order valence-electron chi connectivity index (χ2n) is 2.70. The van der Waals surface area contributed by atoms with Crippen molar-refractivity contribution in [1.29, 1.82) is 0 Å². The van der Waals surface area contributed by atoms with E-state index in [2.05, 4.69) is 20.0 Å². The predicted molar refractivity (Wildman–Crippen MR) is 41.5 cm³/mol. The van der Waals surface area contributed by atoms with Crippen molar-refractivity contribution in [3.8, 4) is 0 Å². The van der Waals surface area contributed by atoms with E-state index in [-0.39, 0.29) is 6.54 Å². The van der Waals surface area contributed by atoms with Crippen LogP contribution in [0.5, 0.6) is 0 Å². The van der Waals surface area contributed by atoms with Crippen LogP contribution in [0.3, 0.4) is 0 Å². The van der Waals surface area contributed by atoms with Crippen molar-refractivity contribution in [2.24, 2.45) is 0 Å². The summed E-state index contributed by atoms with van der Waals surface area (Å²) in [6.07, 6.45) is -3.22. The Labute approximate surface area is 78.5 Å². The molecule has 0 aliphatic rings. The maximum atomic E-state index is 11.7. The van der Waals surface area contributed by atoms with Gasteiger partial charge in [-0.1, -0.05) is 5.16 Å². The molecule has 0 bridgehead atoms. The van der Waals surface area contributed by atoms with Crippen LogP contribution in [0.4, 0.5) is 13.2 Å². The topological polar surface area (TPSA) is 51.0 Å². The van der Waals surface area contributed by atoms with Gasteiger partial charge in [-0.25, -0.2) is 0 Å². The van der Waals surface area contributed by atoms with E-state index in [0.717, 1.165) is 0 Å². The van der Waals surface area contributed by atoms with Gasteiger partial charge in [-0.05, 0) is 0 Å². The first kappa shape index (κ1) is 11.0. The number of hydrogen-bond donors (Lipinski definition) is 1. The molecule has 0 aromatic carbocycles. The van der Waals surface area contributed by atoms with E-state index < -0.39 is 12.6 Å². The quantitative estimate of drug-likeness (QED) is 0.739. The van der Waals surface area contributed by atoms with Crippen molar-refractivity contribution in [3.05, 3.63) is 12.2 Å². The van der Waals surface area contributed by atoms with Gasteiger partial charge >= 0.3 is 6.18 Å². The fourth-order valence-corrected chi connectivity index (χ4v) is 0.857. The zero-order chi connectivity index (χ0) is 10.4. The number of rotatable bonds is 5. The highest BCUT2D eigenvalue weighted by molar-refractivity contribution is 4.74. The van der Waals surface area contributed by atoms with Crippen molar-refractivity contribution in [1.82, 2.24) is 15.5 Å². The molecule has 1 aromatic rings. The zero-order valence-electron chi connectivity index (χ0n) is 7.34. The van der Waals surface area contributed by atoms with E-state index in [4.69, 9.17) is 0 Å². The highest BCUT2D eigenvalue weighted by Crippen LogP contribution is 2.17. The molecule has 0 saturated heterocycles. The van der Waals surface area contributed by atoms with Gasteiger partial charge in [0.15, 0.2) is 6.33 Å². The van der Waals surface area contributed by atoms with Gasteiger partial charge < -0.3 is 9.84 Å². The van der Waals surface area contributed by atoms with Crippen LogP contribution in [0.2, 0.25) is 0 Å². The molecule has 0 aliphatic carbocycles. The summed E-state index contributed by atoms with van der Waals surface area (Å²) >= 11 is 0. The number of aromatic nitrogens is 2. The molecule has 0 saturated carbocycles. The van der Waals surface area contributed by atoms with Crippen molar-refractivity contribution in [2.45, 2.75) is 19.0 Å². The normalized spacial score (nSPS) is 11.9. The summed E-state index contributed by atoms with van der Waals surface area (Å²) in [4.78, 5) is 3.72. The Balaban J connectivity index is 2.00. The smallest absolute Gasteiger partial charge is 0.340 e. The van der Waals surface area contributed by atoms with Crippen LogP contribution < -0.4 is 5.32 Å². The second kappa shape index (κ2) is 4.94. The van der Waals surface area contributed by atoms with Gasteiger partial charge in [-0.15, -0.1) is 0 Å². The Morgan fingerprint density at radius 3 is 2.71 bits per heavy atom. The number of nitrogens with one attached hydrogen (secondary N) is 1. The Hall–Kier alpha value is -1.11. The van der Waals surface area contributed by atoms with Gasteiger partial charge in [-0.3, -0.25) is 0 Å². The maximum Gasteiger partial charge on any atom is 0.390 e. The van der Waals surface area contributed by atoms with Gasteiger partial charge in [-0.2, -0.15) is 18.2 Å². The molecule has 0 spiro atoms. The van der Waals surface area contributed by atoms with Gasteiger partial charge in [0, 0.05) is 19.5 Å². The van der Waals surface area contributed by atoms with Crippen molar-refractivity contribution in [2.75, 3.05) is 13.1 Å². The summed E-state index contributed by atoms with van der Waals surface area (Å²) in [6, 6.07) is 0. The fraction of sp³-hybridized carbons (Fsp3) is 0.714. The monoisotopic (exact) mass is 209 g/mol. The van der Waals surface area contributed by atoms with Gasteiger partial charge in [0.25, 0.3) is 0 Å². The predicted octanol–water partition coefficient (Wildman–Crippen LogP) is 1.15. The maximum absolute atomic E-state index is 11.7. The first-order valence-electron chi connectivity index (χ1n) is 4.11. The summed E-state index contributed by atoms with van der Waals surface area (Å²) < 4.78 is 39.7. The minimum absolute atomic E-state index is 0.0857. The average molecular weight is 209 g/mol. The summed E-state index contributed by atoms with van der Waals surface area (Å²) in [5.41, 5.74) is 0. The molecule has 4 nitrogen and oxygen atoms in total. The lowest BCUT2D eigenvalue weighted by Crippen LogP contribution is -2.23. The van der Waals surface area contributed by atoms with E-state index in [9.17, 15) is 13.2 Å². The minimum Gasteiger partial charge on any atom is -0.340 e. The molecule has 1 N–H and O–H groups in total. The van der Waals surface area contributed by atoms with Crippen LogP contribution in [0, 0.1) is 0 Å². The van der Waals surface area contributed by atoms with Crippen LogP contribution in [0.1, 0.15) is 12.3 Å². The zero-order valence-corrected chi connectivity index (χ0v) is 7.34. The SMILES string of the molecule is FC(F)(F)CCNCCc1ncno1. The molecule has 0 unspecified atom stereocenters. The lowest BCUT2D eigenvalue weighted by atomic mass is 10.4. The van der Waals surface area contributed by atoms with Crippen LogP contribution >= 0.6 is 0 Å². The van der Waals surface area contributed by atoms with Gasteiger partial charge in [0.1, 0.15) is 0 Å². The first-order valence-corrected chi connectivity index (χ1v) is 4.11. The number of alkyl halides is 3. The highest BCUT2D eigenvalue weighted by Gasteiger charge is 2.25. The van der Waals surface area contributed by atoms with Gasteiger partial charge in [0.05, 0.1) is 6.42 Å². The molecule has 80 valence electrons. The molecule has 14 heavy (non-hydrogen) atoms. The molecule has 0 atom stereocenters. The Morgan fingerprint density at radius 2 is 2.14 bits per heavy atom. The summed E-state index contributed by atoms with van der Waals surface area (Å²) in [6.45, 7) is 0.315. The molecular weight excluding hydrogens is 199 g/mol. The third-order valence-corrected chi connectivity index (χ3v) is 1.51. The van der Waals surface area contributed by atoms with E-state index in [1.54, 1.807) is 0 Å². The molecule has 7 heteroatoms. The number of halogens is 3. The number of hydrogen-bond acceptors (Lipinski definition) is 4. The number of nitrogens with zero attached hydrogens (tertiary/aromatic N) is 2. The van der Waals surface area contributed by atoms with Crippen molar-refractivity contribution in [3.63, 3.8) is 0 Å². The van der Waals surface area contributed by atoms with E-state index in [0.29, 0.717) is 18.9 Å². The fourth-order valence-electron chi connectivity index (χ4n) is 0.857. The Kier molecular flexibility index (Phi) is 3.87. The standard InChI is InChI=1S/C7H10F3N3O/c8-7(9,10)2-4-11-3-1-6-12-5-13-14-6/h5,11H,1-4H2.